The van der Waals surface area contributed by atoms with Gasteiger partial charge >= 0.3 is 316 Å². The number of nitrogens with zero attached hydrogens (tertiary/aromatic N) is 4. The van der Waals surface area contributed by atoms with E-state index >= 15 is 0 Å². The van der Waals surface area contributed by atoms with Crippen LogP contribution in [0.2, 0.25) is 0 Å². The first kappa shape index (κ1) is 46.2. The van der Waals surface area contributed by atoms with Gasteiger partial charge in [-0.1, -0.05) is 59.7 Å². The number of rotatable bonds is 8. The van der Waals surface area contributed by atoms with Crippen molar-refractivity contribution in [3.63, 3.8) is 0 Å². The molecule has 0 aliphatic carbocycles. The second-order valence-electron chi connectivity index (χ2n) is 21.0. The molecule has 1 unspecified atom stereocenters. The van der Waals surface area contributed by atoms with Gasteiger partial charge in [0.25, 0.3) is 0 Å². The molecule has 0 N–H and O–H groups in total. The Morgan fingerprint density at radius 2 is 1.14 bits per heavy atom. The van der Waals surface area contributed by atoms with Gasteiger partial charge < -0.3 is 0 Å². The molecule has 0 bridgehead atoms. The molecular formula is C63H62N4OPt. The molecule has 0 saturated carbocycles. The van der Waals surface area contributed by atoms with Crippen LogP contribution >= 0.6 is 0 Å². The summed E-state index contributed by atoms with van der Waals surface area (Å²) in [5, 5.41) is 0. The number of fused-ring (bicyclic) bond motifs is 2. The van der Waals surface area contributed by atoms with Crippen LogP contribution in [-0.4, -0.2) is 20.7 Å². The molecule has 2 aromatic heterocycles. The molecule has 0 spiro atoms. The number of hydrogen-bond acceptors (Lipinski definition) is 3. The Hall–Kier alpha value is -6.55. The minimum absolute atomic E-state index is 0.0253. The van der Waals surface area contributed by atoms with Crippen LogP contribution in [0.3, 0.4) is 0 Å². The van der Waals surface area contributed by atoms with Crippen LogP contribution in [0.25, 0.3) is 44.7 Å². The third-order valence-electron chi connectivity index (χ3n) is 14.3. The number of benzene rings is 7. The molecule has 0 amide bonds. The zero-order valence-corrected chi connectivity index (χ0v) is 43.9. The van der Waals surface area contributed by atoms with E-state index in [2.05, 4.69) is 260 Å². The Morgan fingerprint density at radius 3 is 1.74 bits per heavy atom. The Bertz CT molecular complexity index is 3360. The fraction of sp³-hybridized carbons (Fsp3) is 0.238. The minimum atomic E-state index is 0.0253. The summed E-state index contributed by atoms with van der Waals surface area (Å²) < 4.78 is 12.9. The van der Waals surface area contributed by atoms with Crippen LogP contribution in [0.5, 0.6) is 11.5 Å². The van der Waals surface area contributed by atoms with Crippen molar-refractivity contribution >= 4 is 22.5 Å². The first-order valence-corrected chi connectivity index (χ1v) is 25.4. The van der Waals surface area contributed by atoms with E-state index in [1.807, 2.05) is 6.20 Å². The first-order chi connectivity index (χ1) is 33.1. The molecule has 69 heavy (non-hydrogen) atoms. The molecule has 5 nitrogen and oxygen atoms in total. The fourth-order valence-electron chi connectivity index (χ4n) is 10.3. The zero-order chi connectivity index (χ0) is 48.4. The average molecular weight is 1090 g/mol. The monoisotopic (exact) mass is 1090 g/mol. The van der Waals surface area contributed by atoms with Crippen LogP contribution < -0.4 is 9.64 Å². The summed E-state index contributed by atoms with van der Waals surface area (Å²) in [5.41, 5.74) is 21.0. The number of aryl methyl sites for hydroxylation is 1. The van der Waals surface area contributed by atoms with Gasteiger partial charge in [0, 0.05) is 6.20 Å². The molecule has 1 atom stereocenters. The normalized spacial score (nSPS) is 14.0. The van der Waals surface area contributed by atoms with Crippen LogP contribution in [0.15, 0.2) is 164 Å². The molecule has 3 heterocycles. The zero-order valence-electron chi connectivity index (χ0n) is 41.6. The number of imidazole rings is 1. The van der Waals surface area contributed by atoms with Crippen molar-refractivity contribution in [2.75, 3.05) is 11.4 Å². The molecule has 6 heteroatoms. The molecule has 10 rings (SSSR count). The van der Waals surface area contributed by atoms with Crippen LogP contribution in [0.4, 0.5) is 11.5 Å². The van der Waals surface area contributed by atoms with Crippen LogP contribution in [0, 0.1) is 31.5 Å². The van der Waals surface area contributed by atoms with Gasteiger partial charge in [-0.15, -0.1) is 0 Å². The van der Waals surface area contributed by atoms with E-state index in [4.69, 9.17) is 9.72 Å². The molecule has 0 radical (unpaired) electrons. The van der Waals surface area contributed by atoms with Crippen molar-refractivity contribution < 1.29 is 24.1 Å². The van der Waals surface area contributed by atoms with E-state index in [0.29, 0.717) is 0 Å². The maximum absolute atomic E-state index is 6.96. The van der Waals surface area contributed by atoms with Gasteiger partial charge in [0.05, 0.1) is 0 Å². The molecular weight excluding hydrogens is 1020 g/mol. The summed E-state index contributed by atoms with van der Waals surface area (Å²) in [6.45, 7) is 23.7. The van der Waals surface area contributed by atoms with Crippen molar-refractivity contribution in [2.45, 2.75) is 92.4 Å². The third-order valence-corrected chi connectivity index (χ3v) is 15.3. The molecule has 1 aliphatic heterocycles. The quantitative estimate of drug-likeness (QED) is 0.152. The second-order valence-corrected chi connectivity index (χ2v) is 22.0. The van der Waals surface area contributed by atoms with Crippen molar-refractivity contribution in [1.29, 1.82) is 0 Å². The van der Waals surface area contributed by atoms with E-state index in [0.717, 1.165) is 56.5 Å². The van der Waals surface area contributed by atoms with Crippen molar-refractivity contribution in [2.24, 2.45) is 0 Å². The number of anilines is 2. The van der Waals surface area contributed by atoms with E-state index in [1.165, 1.54) is 72.4 Å². The van der Waals surface area contributed by atoms with Crippen molar-refractivity contribution in [1.82, 2.24) is 14.1 Å². The van der Waals surface area contributed by atoms with E-state index < -0.39 is 0 Å². The first-order valence-electron chi connectivity index (χ1n) is 24.3. The number of para-hydroxylation sites is 2. The predicted molar refractivity (Wildman–Crippen MR) is 284 cm³/mol. The van der Waals surface area contributed by atoms with Crippen LogP contribution in [0.1, 0.15) is 98.4 Å². The second kappa shape index (κ2) is 18.1. The molecule has 0 saturated heterocycles. The Labute approximate surface area is 419 Å². The Kier molecular flexibility index (Phi) is 12.1. The van der Waals surface area contributed by atoms with E-state index in [9.17, 15) is 0 Å². The van der Waals surface area contributed by atoms with Crippen molar-refractivity contribution in [3.8, 4) is 45.1 Å². The van der Waals surface area contributed by atoms with E-state index in [-0.39, 0.29) is 16.7 Å². The molecule has 0 fully saturated rings. The third kappa shape index (κ3) is 8.65. The fourth-order valence-corrected chi connectivity index (χ4v) is 11.4. The topological polar surface area (TPSA) is 35.2 Å². The number of hydrogen-bond donors (Lipinski definition) is 0. The van der Waals surface area contributed by atoms with Gasteiger partial charge in [0.1, 0.15) is 0 Å². The molecule has 1 aliphatic rings. The summed E-state index contributed by atoms with van der Waals surface area (Å²) in [7, 11) is 0. The SMILES string of the molecule is Cc1ccnc(N2CCC(c3cc(C(C)(C)C)cc(C(C)(C)C)c3)c3ccc(Oc4cccc(-n5[c](=[Pt])n(-c6c(-c7ccccc7)c(C)c(C)c(C)c6-c6ccccc6)c6ccccc65)c4)cc32)c1. The van der Waals surface area contributed by atoms with Gasteiger partial charge in [0.2, 0.25) is 0 Å². The summed E-state index contributed by atoms with van der Waals surface area (Å²) >= 11 is 2.54. The average Bonchev–Trinajstić information content (AvgIpc) is 3.63. The standard InChI is InChI=1S/C63H62N4O.Pt/c1-41-30-32-64-58(34-41)65-33-31-53(47-35-48(62(5,6)7)37-49(36-47)63(8,9)10)54-29-28-52(39-57(54)65)68-51-25-19-24-50(38-51)66-40-67(56-27-18-17-26-55(56)66)61-59(45-20-13-11-14-21-45)43(3)42(2)44(4)60(61)46-22-15-12-16-23-46;/h11-30,32,34-39,53H,31,33H2,1-10H3;. The Morgan fingerprint density at radius 1 is 0.565 bits per heavy atom. The predicted octanol–water partition coefficient (Wildman–Crippen LogP) is 16.5. The van der Waals surface area contributed by atoms with Gasteiger partial charge in [0.15, 0.2) is 0 Å². The van der Waals surface area contributed by atoms with Crippen LogP contribution in [-0.2, 0) is 30.2 Å². The number of pyridine rings is 1. The number of ether oxygens (including phenoxy) is 1. The van der Waals surface area contributed by atoms with Crippen molar-refractivity contribution in [3.05, 3.63) is 212 Å². The molecule has 350 valence electrons. The summed E-state index contributed by atoms with van der Waals surface area (Å²) in [6.07, 6.45) is 2.90. The molecule has 7 aromatic carbocycles. The van der Waals surface area contributed by atoms with Gasteiger partial charge in [-0.25, -0.2) is 0 Å². The van der Waals surface area contributed by atoms with Gasteiger partial charge in [-0.05, 0) is 40.5 Å². The summed E-state index contributed by atoms with van der Waals surface area (Å²) in [4.78, 5) is 7.29. The van der Waals surface area contributed by atoms with Gasteiger partial charge in [-0.3, -0.25) is 0 Å². The maximum atomic E-state index is 6.96. The van der Waals surface area contributed by atoms with E-state index in [1.54, 1.807) is 0 Å². The summed E-state index contributed by atoms with van der Waals surface area (Å²) in [6, 6.07) is 57.4. The molecule has 9 aromatic rings. The van der Waals surface area contributed by atoms with Gasteiger partial charge in [-0.2, -0.15) is 0 Å². The Balaban J connectivity index is 1.10. The number of aromatic nitrogens is 3. The summed E-state index contributed by atoms with van der Waals surface area (Å²) in [5.74, 6) is 2.74.